The molecule has 27 heavy (non-hydrogen) atoms. The quantitative estimate of drug-likeness (QED) is 0.679. The maximum Gasteiger partial charge on any atom is 0.234 e. The number of hydrogen-bond donors (Lipinski definition) is 2. The van der Waals surface area contributed by atoms with Gasteiger partial charge in [-0.15, -0.1) is 10.2 Å². The SMILES string of the molecule is CC1CCN(c2ccc(NC(=O)CSc3nnc(NC4CC4)s3)cc2)CC1. The second-order valence-corrected chi connectivity index (χ2v) is 9.55. The average Bonchev–Trinajstić information content (AvgIpc) is 3.37. The number of aromatic nitrogens is 2. The molecule has 0 radical (unpaired) electrons. The molecule has 1 amide bonds. The van der Waals surface area contributed by atoms with Gasteiger partial charge in [0, 0.05) is 30.5 Å². The van der Waals surface area contributed by atoms with E-state index < -0.39 is 0 Å². The van der Waals surface area contributed by atoms with Gasteiger partial charge >= 0.3 is 0 Å². The first-order valence-electron chi connectivity index (χ1n) is 9.53. The molecule has 1 aromatic heterocycles. The molecule has 4 rings (SSSR count). The molecule has 0 atom stereocenters. The van der Waals surface area contributed by atoms with Gasteiger partial charge in [-0.3, -0.25) is 4.79 Å². The molecule has 8 heteroatoms. The Labute approximate surface area is 168 Å². The molecule has 0 spiro atoms. The third kappa shape index (κ3) is 5.35. The predicted molar refractivity (Wildman–Crippen MR) is 113 cm³/mol. The molecule has 1 aliphatic carbocycles. The van der Waals surface area contributed by atoms with Gasteiger partial charge in [-0.05, 0) is 55.9 Å². The summed E-state index contributed by atoms with van der Waals surface area (Å²) in [5.74, 6) is 1.14. The summed E-state index contributed by atoms with van der Waals surface area (Å²) in [5, 5.41) is 15.4. The van der Waals surface area contributed by atoms with Crippen molar-refractivity contribution in [3.63, 3.8) is 0 Å². The molecule has 2 aliphatic rings. The molecule has 0 unspecified atom stereocenters. The van der Waals surface area contributed by atoms with Crippen LogP contribution in [0.1, 0.15) is 32.6 Å². The van der Waals surface area contributed by atoms with E-state index >= 15 is 0 Å². The van der Waals surface area contributed by atoms with Crippen molar-refractivity contribution in [1.29, 1.82) is 0 Å². The van der Waals surface area contributed by atoms with Gasteiger partial charge < -0.3 is 15.5 Å². The Bertz CT molecular complexity index is 767. The van der Waals surface area contributed by atoms with E-state index in [1.54, 1.807) is 0 Å². The minimum atomic E-state index is -0.0218. The molecule has 2 N–H and O–H groups in total. The molecule has 1 saturated heterocycles. The van der Waals surface area contributed by atoms with Crippen LogP contribution in [0.4, 0.5) is 16.5 Å². The van der Waals surface area contributed by atoms with Gasteiger partial charge in [-0.1, -0.05) is 30.0 Å². The summed E-state index contributed by atoms with van der Waals surface area (Å²) >= 11 is 2.94. The van der Waals surface area contributed by atoms with E-state index in [0.717, 1.165) is 34.2 Å². The standard InChI is InChI=1S/C19H25N5OS2/c1-13-8-10-24(11-9-13)16-6-4-14(5-7-16)20-17(25)12-26-19-23-22-18(27-19)21-15-2-3-15/h4-7,13,15H,2-3,8-12H2,1H3,(H,20,25)(H,21,22). The van der Waals surface area contributed by atoms with Crippen molar-refractivity contribution in [2.75, 3.05) is 34.4 Å². The number of nitrogens with zero attached hydrogens (tertiary/aromatic N) is 3. The van der Waals surface area contributed by atoms with Crippen molar-refractivity contribution in [2.24, 2.45) is 5.92 Å². The van der Waals surface area contributed by atoms with Crippen LogP contribution in [0.3, 0.4) is 0 Å². The number of amides is 1. The summed E-state index contributed by atoms with van der Waals surface area (Å²) in [6.45, 7) is 4.55. The van der Waals surface area contributed by atoms with E-state index in [1.807, 2.05) is 12.1 Å². The van der Waals surface area contributed by atoms with Crippen LogP contribution in [0.2, 0.25) is 0 Å². The van der Waals surface area contributed by atoms with E-state index in [0.29, 0.717) is 11.8 Å². The Balaban J connectivity index is 1.23. The van der Waals surface area contributed by atoms with Crippen molar-refractivity contribution in [3.05, 3.63) is 24.3 Å². The van der Waals surface area contributed by atoms with Gasteiger partial charge in [0.25, 0.3) is 0 Å². The third-order valence-corrected chi connectivity index (χ3v) is 6.93. The summed E-state index contributed by atoms with van der Waals surface area (Å²) in [7, 11) is 0. The van der Waals surface area contributed by atoms with Crippen LogP contribution >= 0.6 is 23.1 Å². The highest BCUT2D eigenvalue weighted by atomic mass is 32.2. The molecule has 0 bridgehead atoms. The van der Waals surface area contributed by atoms with Gasteiger partial charge in [0.05, 0.1) is 5.75 Å². The Hall–Kier alpha value is -1.80. The number of carbonyl (C=O) groups is 1. The molecule has 2 heterocycles. The minimum absolute atomic E-state index is 0.0218. The Morgan fingerprint density at radius 3 is 2.63 bits per heavy atom. The second-order valence-electron chi connectivity index (χ2n) is 7.35. The fraction of sp³-hybridized carbons (Fsp3) is 0.526. The summed E-state index contributed by atoms with van der Waals surface area (Å²) < 4.78 is 0.822. The van der Waals surface area contributed by atoms with E-state index in [1.165, 1.54) is 54.5 Å². The predicted octanol–water partition coefficient (Wildman–Crippen LogP) is 4.08. The number of nitrogens with one attached hydrogen (secondary N) is 2. The summed E-state index contributed by atoms with van der Waals surface area (Å²) in [5.41, 5.74) is 2.07. The van der Waals surface area contributed by atoms with Crippen LogP contribution in [0.5, 0.6) is 0 Å². The first-order chi connectivity index (χ1) is 13.2. The number of anilines is 3. The molecular formula is C19H25N5OS2. The van der Waals surface area contributed by atoms with Crippen LogP contribution in [0.15, 0.2) is 28.6 Å². The fourth-order valence-corrected chi connectivity index (χ4v) is 4.70. The molecule has 1 saturated carbocycles. The average molecular weight is 404 g/mol. The number of piperidine rings is 1. The fourth-order valence-electron chi connectivity index (χ4n) is 3.08. The lowest BCUT2D eigenvalue weighted by atomic mass is 9.99. The maximum atomic E-state index is 12.2. The van der Waals surface area contributed by atoms with Gasteiger partial charge in [-0.2, -0.15) is 0 Å². The van der Waals surface area contributed by atoms with Crippen molar-refractivity contribution < 1.29 is 4.79 Å². The van der Waals surface area contributed by atoms with Crippen LogP contribution in [0, 0.1) is 5.92 Å². The molecule has 144 valence electrons. The number of rotatable bonds is 7. The third-order valence-electron chi connectivity index (χ3n) is 4.94. The Morgan fingerprint density at radius 2 is 1.93 bits per heavy atom. The van der Waals surface area contributed by atoms with E-state index in [2.05, 4.69) is 44.8 Å². The Kier molecular flexibility index (Phi) is 5.83. The van der Waals surface area contributed by atoms with Crippen LogP contribution < -0.4 is 15.5 Å². The summed E-state index contributed by atoms with van der Waals surface area (Å²) in [6, 6.07) is 8.73. The first kappa shape index (κ1) is 18.6. The van der Waals surface area contributed by atoms with Crippen molar-refractivity contribution >= 4 is 45.5 Å². The molecule has 6 nitrogen and oxygen atoms in total. The molecule has 1 aliphatic heterocycles. The van der Waals surface area contributed by atoms with Crippen LogP contribution in [-0.2, 0) is 4.79 Å². The van der Waals surface area contributed by atoms with Gasteiger partial charge in [0.15, 0.2) is 4.34 Å². The lowest BCUT2D eigenvalue weighted by Crippen LogP contribution is -2.32. The lowest BCUT2D eigenvalue weighted by molar-refractivity contribution is -0.113. The zero-order valence-electron chi connectivity index (χ0n) is 15.5. The van der Waals surface area contributed by atoms with Crippen LogP contribution in [-0.4, -0.2) is 41.0 Å². The van der Waals surface area contributed by atoms with E-state index in [4.69, 9.17) is 0 Å². The number of hydrogen-bond acceptors (Lipinski definition) is 7. The normalized spacial score (nSPS) is 17.7. The summed E-state index contributed by atoms with van der Waals surface area (Å²) in [6.07, 6.45) is 4.92. The van der Waals surface area contributed by atoms with Crippen LogP contribution in [0.25, 0.3) is 0 Å². The maximum absolute atomic E-state index is 12.2. The molecule has 1 aromatic carbocycles. The number of benzene rings is 1. The number of thioether (sulfide) groups is 1. The molecule has 2 aromatic rings. The highest BCUT2D eigenvalue weighted by Crippen LogP contribution is 2.30. The van der Waals surface area contributed by atoms with Crippen molar-refractivity contribution in [2.45, 2.75) is 43.0 Å². The van der Waals surface area contributed by atoms with E-state index in [-0.39, 0.29) is 5.91 Å². The summed E-state index contributed by atoms with van der Waals surface area (Å²) in [4.78, 5) is 14.6. The smallest absolute Gasteiger partial charge is 0.234 e. The number of carbonyl (C=O) groups excluding carboxylic acids is 1. The zero-order chi connectivity index (χ0) is 18.6. The van der Waals surface area contributed by atoms with Crippen molar-refractivity contribution in [1.82, 2.24) is 10.2 Å². The topological polar surface area (TPSA) is 70.2 Å². The van der Waals surface area contributed by atoms with Gasteiger partial charge in [0.1, 0.15) is 0 Å². The second kappa shape index (κ2) is 8.48. The molecular weight excluding hydrogens is 378 g/mol. The first-order valence-corrected chi connectivity index (χ1v) is 11.3. The zero-order valence-corrected chi connectivity index (χ0v) is 17.1. The van der Waals surface area contributed by atoms with E-state index in [9.17, 15) is 4.79 Å². The Morgan fingerprint density at radius 1 is 1.19 bits per heavy atom. The largest absolute Gasteiger partial charge is 0.372 e. The lowest BCUT2D eigenvalue weighted by Gasteiger charge is -2.32. The van der Waals surface area contributed by atoms with Crippen molar-refractivity contribution in [3.8, 4) is 0 Å². The minimum Gasteiger partial charge on any atom is -0.372 e. The van der Waals surface area contributed by atoms with Gasteiger partial charge in [-0.25, -0.2) is 0 Å². The highest BCUT2D eigenvalue weighted by molar-refractivity contribution is 8.01. The highest BCUT2D eigenvalue weighted by Gasteiger charge is 2.22. The molecule has 2 fully saturated rings. The monoisotopic (exact) mass is 403 g/mol. The van der Waals surface area contributed by atoms with Gasteiger partial charge in [0.2, 0.25) is 11.0 Å².